The fraction of sp³-hybridized carbons (Fsp3) is 0.375. The van der Waals surface area contributed by atoms with Crippen molar-refractivity contribution in [2.75, 3.05) is 0 Å². The van der Waals surface area contributed by atoms with Gasteiger partial charge in [0, 0.05) is 5.56 Å². The van der Waals surface area contributed by atoms with E-state index < -0.39 is 22.4 Å². The quantitative estimate of drug-likeness (QED) is 0.462. The van der Waals surface area contributed by atoms with Crippen molar-refractivity contribution in [3.63, 3.8) is 0 Å². The third kappa shape index (κ3) is 2.24. The zero-order valence-electron chi connectivity index (χ0n) is 8.01. The summed E-state index contributed by atoms with van der Waals surface area (Å²) in [5, 5.41) is 10.1. The topological polar surface area (TPSA) is 56.0 Å². The molecule has 16 heavy (non-hydrogen) atoms. The third-order valence-electron chi connectivity index (χ3n) is 1.94. The van der Waals surface area contributed by atoms with Gasteiger partial charge in [-0.2, -0.15) is 13.2 Å². The minimum atomic E-state index is -4.82. The Kier molecular flexibility index (Phi) is 3.37. The average Bonchev–Trinajstić information content (AvgIpc) is 2.15. The molecule has 0 spiro atoms. The number of nitrogens with zero attached hydrogens (tertiary/aromatic N) is 2. The lowest BCUT2D eigenvalue weighted by atomic mass is 10.1. The largest absolute Gasteiger partial charge is 0.423 e. The highest BCUT2D eigenvalue weighted by Crippen LogP contribution is 2.40. The lowest BCUT2D eigenvalue weighted by molar-refractivity contribution is -0.388. The molecule has 0 aromatic carbocycles. The molecule has 0 unspecified atom stereocenters. The standard InChI is InChI=1S/C8H6ClF3N2O2/c1-2-4-6(8(10,11)12)5(14(15)16)3-13-7(4)9/h3H,2H2,1H3. The maximum Gasteiger partial charge on any atom is 0.423 e. The molecule has 0 aliphatic carbocycles. The predicted octanol–water partition coefficient (Wildman–Crippen LogP) is 3.22. The summed E-state index contributed by atoms with van der Waals surface area (Å²) < 4.78 is 37.9. The van der Waals surface area contributed by atoms with Crippen LogP contribution in [0.15, 0.2) is 6.20 Å². The molecule has 0 aliphatic heterocycles. The number of hydrogen-bond acceptors (Lipinski definition) is 3. The van der Waals surface area contributed by atoms with Crippen molar-refractivity contribution in [1.29, 1.82) is 0 Å². The summed E-state index contributed by atoms with van der Waals surface area (Å²) in [4.78, 5) is 12.7. The second kappa shape index (κ2) is 4.25. The van der Waals surface area contributed by atoms with Crippen molar-refractivity contribution in [1.82, 2.24) is 4.98 Å². The molecule has 8 heteroatoms. The van der Waals surface area contributed by atoms with Gasteiger partial charge in [0.2, 0.25) is 0 Å². The zero-order chi connectivity index (χ0) is 12.5. The van der Waals surface area contributed by atoms with Crippen LogP contribution in [0.1, 0.15) is 18.1 Å². The first-order valence-electron chi connectivity index (χ1n) is 4.18. The molecule has 0 saturated heterocycles. The van der Waals surface area contributed by atoms with Crippen molar-refractivity contribution in [2.45, 2.75) is 19.5 Å². The van der Waals surface area contributed by atoms with Gasteiger partial charge in [0.05, 0.1) is 4.92 Å². The fourth-order valence-electron chi connectivity index (χ4n) is 1.30. The number of hydrogen-bond donors (Lipinski definition) is 0. The lowest BCUT2D eigenvalue weighted by Gasteiger charge is -2.12. The van der Waals surface area contributed by atoms with Gasteiger partial charge in [-0.3, -0.25) is 10.1 Å². The number of alkyl halides is 3. The van der Waals surface area contributed by atoms with E-state index in [1.54, 1.807) is 0 Å². The normalized spacial score (nSPS) is 11.6. The van der Waals surface area contributed by atoms with Crippen LogP contribution in [0.2, 0.25) is 5.15 Å². The van der Waals surface area contributed by atoms with Crippen LogP contribution < -0.4 is 0 Å². The molecule has 1 rings (SSSR count). The van der Waals surface area contributed by atoms with Gasteiger partial charge < -0.3 is 0 Å². The van der Waals surface area contributed by atoms with Crippen molar-refractivity contribution in [3.8, 4) is 0 Å². The number of halogens is 4. The minimum absolute atomic E-state index is 0.0810. The molecule has 0 atom stereocenters. The first-order chi connectivity index (χ1) is 7.29. The molecule has 88 valence electrons. The third-order valence-corrected chi connectivity index (χ3v) is 2.27. The Hall–Kier alpha value is -1.37. The van der Waals surface area contributed by atoms with Crippen LogP contribution in [0.4, 0.5) is 18.9 Å². The van der Waals surface area contributed by atoms with E-state index in [9.17, 15) is 23.3 Å². The van der Waals surface area contributed by atoms with Crippen molar-refractivity contribution < 1.29 is 18.1 Å². The van der Waals surface area contributed by atoms with Crippen LogP contribution in [0.3, 0.4) is 0 Å². The molecule has 0 bridgehead atoms. The Labute approximate surface area is 93.2 Å². The Morgan fingerprint density at radius 3 is 2.50 bits per heavy atom. The molecule has 0 aliphatic rings. The number of aromatic nitrogens is 1. The second-order valence-corrected chi connectivity index (χ2v) is 3.25. The smallest absolute Gasteiger partial charge is 0.258 e. The Morgan fingerprint density at radius 1 is 1.56 bits per heavy atom. The van der Waals surface area contributed by atoms with Gasteiger partial charge in [0.1, 0.15) is 16.9 Å². The number of pyridine rings is 1. The van der Waals surface area contributed by atoms with Crippen LogP contribution in [0.25, 0.3) is 0 Å². The monoisotopic (exact) mass is 254 g/mol. The molecule has 0 amide bonds. The van der Waals surface area contributed by atoms with E-state index in [0.717, 1.165) is 0 Å². The van der Waals surface area contributed by atoms with Crippen molar-refractivity contribution in [3.05, 3.63) is 32.6 Å². The van der Waals surface area contributed by atoms with Crippen LogP contribution in [0, 0.1) is 10.1 Å². The first-order valence-corrected chi connectivity index (χ1v) is 4.55. The van der Waals surface area contributed by atoms with Crippen molar-refractivity contribution in [2.24, 2.45) is 0 Å². The second-order valence-electron chi connectivity index (χ2n) is 2.90. The van der Waals surface area contributed by atoms with Crippen LogP contribution in [0.5, 0.6) is 0 Å². The van der Waals surface area contributed by atoms with Gasteiger partial charge in [0.25, 0.3) is 5.69 Å². The first kappa shape index (κ1) is 12.7. The number of rotatable bonds is 2. The highest BCUT2D eigenvalue weighted by atomic mass is 35.5. The molecule has 0 N–H and O–H groups in total. The molecule has 0 fully saturated rings. The van der Waals surface area contributed by atoms with Gasteiger partial charge in [-0.15, -0.1) is 0 Å². The molecule has 1 aromatic rings. The Bertz CT molecular complexity index is 434. The summed E-state index contributed by atoms with van der Waals surface area (Å²) in [7, 11) is 0. The van der Waals surface area contributed by atoms with E-state index in [-0.39, 0.29) is 17.1 Å². The van der Waals surface area contributed by atoms with E-state index in [1.165, 1.54) is 6.92 Å². The van der Waals surface area contributed by atoms with Crippen LogP contribution in [-0.2, 0) is 12.6 Å². The summed E-state index contributed by atoms with van der Waals surface area (Å²) >= 11 is 5.48. The predicted molar refractivity (Wildman–Crippen MR) is 50.3 cm³/mol. The SMILES string of the molecule is CCc1c(Cl)ncc([N+](=O)[O-])c1C(F)(F)F. The Morgan fingerprint density at radius 2 is 2.12 bits per heavy atom. The number of nitro groups is 1. The lowest BCUT2D eigenvalue weighted by Crippen LogP contribution is -2.13. The van der Waals surface area contributed by atoms with E-state index in [4.69, 9.17) is 11.6 Å². The molecule has 4 nitrogen and oxygen atoms in total. The summed E-state index contributed by atoms with van der Waals surface area (Å²) in [6.07, 6.45) is -4.38. The molecule has 0 radical (unpaired) electrons. The van der Waals surface area contributed by atoms with Gasteiger partial charge in [-0.05, 0) is 6.42 Å². The molecule has 0 saturated carbocycles. The van der Waals surface area contributed by atoms with Gasteiger partial charge >= 0.3 is 6.18 Å². The molecular formula is C8H6ClF3N2O2. The van der Waals surface area contributed by atoms with Crippen LogP contribution in [-0.4, -0.2) is 9.91 Å². The molecule has 1 aromatic heterocycles. The van der Waals surface area contributed by atoms with E-state index in [2.05, 4.69) is 4.98 Å². The summed E-state index contributed by atoms with van der Waals surface area (Å²) in [5.74, 6) is 0. The summed E-state index contributed by atoms with van der Waals surface area (Å²) in [6, 6.07) is 0. The van der Waals surface area contributed by atoms with E-state index in [1.807, 2.05) is 0 Å². The zero-order valence-corrected chi connectivity index (χ0v) is 8.76. The highest BCUT2D eigenvalue weighted by molar-refractivity contribution is 6.30. The van der Waals surface area contributed by atoms with Crippen LogP contribution >= 0.6 is 11.6 Å². The summed E-state index contributed by atoms with van der Waals surface area (Å²) in [5.41, 5.74) is -2.75. The summed E-state index contributed by atoms with van der Waals surface area (Å²) in [6.45, 7) is 1.42. The average molecular weight is 255 g/mol. The molecule has 1 heterocycles. The minimum Gasteiger partial charge on any atom is -0.258 e. The van der Waals surface area contributed by atoms with Gasteiger partial charge in [-0.1, -0.05) is 18.5 Å². The van der Waals surface area contributed by atoms with E-state index >= 15 is 0 Å². The fourth-order valence-corrected chi connectivity index (χ4v) is 1.57. The van der Waals surface area contributed by atoms with Crippen molar-refractivity contribution >= 4 is 17.3 Å². The highest BCUT2D eigenvalue weighted by Gasteiger charge is 2.41. The molecular weight excluding hydrogens is 249 g/mol. The van der Waals surface area contributed by atoms with Gasteiger partial charge in [-0.25, -0.2) is 4.98 Å². The maximum atomic E-state index is 12.6. The van der Waals surface area contributed by atoms with Gasteiger partial charge in [0.15, 0.2) is 0 Å². The van der Waals surface area contributed by atoms with E-state index in [0.29, 0.717) is 6.20 Å². The Balaban J connectivity index is 3.61. The maximum absolute atomic E-state index is 12.6.